The summed E-state index contributed by atoms with van der Waals surface area (Å²) in [5, 5.41) is 1.32. The van der Waals surface area contributed by atoms with Crippen LogP contribution in [0.15, 0.2) is 29.1 Å². The van der Waals surface area contributed by atoms with Crippen LogP contribution in [0.2, 0.25) is 5.02 Å². The lowest BCUT2D eigenvalue weighted by molar-refractivity contribution is 0.108. The van der Waals surface area contributed by atoms with Gasteiger partial charge in [-0.15, -0.1) is 11.3 Å². The van der Waals surface area contributed by atoms with Gasteiger partial charge in [0.25, 0.3) is 5.56 Å². The van der Waals surface area contributed by atoms with E-state index in [1.54, 1.807) is 47.2 Å². The number of rotatable bonds is 3. The molecule has 2 aromatic heterocycles. The summed E-state index contributed by atoms with van der Waals surface area (Å²) < 4.78 is 1.58. The lowest BCUT2D eigenvalue weighted by Crippen LogP contribution is -2.22. The second kappa shape index (κ2) is 6.59. The highest BCUT2D eigenvalue weighted by Gasteiger charge is 2.22. The van der Waals surface area contributed by atoms with Crippen LogP contribution in [0.3, 0.4) is 0 Å². The van der Waals surface area contributed by atoms with Gasteiger partial charge in [-0.2, -0.15) is 0 Å². The minimum absolute atomic E-state index is 0.000980. The Hall–Kier alpha value is -1.63. The van der Waals surface area contributed by atoms with Crippen molar-refractivity contribution in [1.29, 1.82) is 0 Å². The molecule has 0 saturated heterocycles. The summed E-state index contributed by atoms with van der Waals surface area (Å²) >= 11 is 8.62. The van der Waals surface area contributed by atoms with Crippen LogP contribution in [0.25, 0.3) is 10.2 Å². The van der Waals surface area contributed by atoms with E-state index in [9.17, 15) is 9.59 Å². The number of thiophene rings is 1. The first-order valence-electron chi connectivity index (χ1n) is 7.97. The first-order valence-corrected chi connectivity index (χ1v) is 10.2. The number of fused-ring (bicyclic) bond motifs is 3. The maximum Gasteiger partial charge on any atom is 0.262 e. The monoisotopic (exact) mass is 390 g/mol. The SMILES string of the molecule is Cn1c(CSC(=O)c2ccc(Cl)cc2)nc2sc3c(c2c1=O)CCC3. The number of hydrogen-bond acceptors (Lipinski definition) is 5. The fraction of sp³-hybridized carbons (Fsp3) is 0.278. The zero-order chi connectivity index (χ0) is 17.6. The van der Waals surface area contributed by atoms with Gasteiger partial charge >= 0.3 is 0 Å². The number of nitrogens with zero attached hydrogens (tertiary/aromatic N) is 2. The molecule has 1 aliphatic rings. The summed E-state index contributed by atoms with van der Waals surface area (Å²) in [5.41, 5.74) is 1.78. The summed E-state index contributed by atoms with van der Waals surface area (Å²) in [5.74, 6) is 0.996. The minimum atomic E-state index is -0.0558. The fourth-order valence-electron chi connectivity index (χ4n) is 3.09. The van der Waals surface area contributed by atoms with E-state index >= 15 is 0 Å². The van der Waals surface area contributed by atoms with Gasteiger partial charge in [0.05, 0.1) is 11.1 Å². The number of halogens is 1. The van der Waals surface area contributed by atoms with E-state index in [1.165, 1.54) is 10.4 Å². The van der Waals surface area contributed by atoms with Crippen LogP contribution in [0.5, 0.6) is 0 Å². The number of thioether (sulfide) groups is 1. The number of benzene rings is 1. The Kier molecular flexibility index (Phi) is 4.43. The summed E-state index contributed by atoms with van der Waals surface area (Å²) in [4.78, 5) is 31.8. The standard InChI is InChI=1S/C18H15ClN2O2S2/c1-21-14(9-24-18(23)10-5-7-11(19)8-6-10)20-16-15(17(21)22)12-3-2-4-13(12)25-16/h5-8H,2-4,9H2,1H3. The molecule has 25 heavy (non-hydrogen) atoms. The molecule has 7 heteroatoms. The molecule has 1 aromatic carbocycles. The van der Waals surface area contributed by atoms with Crippen molar-refractivity contribution in [3.05, 3.63) is 61.5 Å². The van der Waals surface area contributed by atoms with Gasteiger partial charge in [0.15, 0.2) is 0 Å². The molecule has 2 heterocycles. The minimum Gasteiger partial charge on any atom is -0.298 e. The van der Waals surface area contributed by atoms with Crippen molar-refractivity contribution in [2.24, 2.45) is 7.05 Å². The predicted octanol–water partition coefficient (Wildman–Crippen LogP) is 4.21. The van der Waals surface area contributed by atoms with Gasteiger partial charge in [0.2, 0.25) is 5.12 Å². The number of hydrogen-bond donors (Lipinski definition) is 0. The summed E-state index contributed by atoms with van der Waals surface area (Å²) in [6.45, 7) is 0. The third-order valence-corrected chi connectivity index (χ3v) is 6.79. The molecule has 0 atom stereocenters. The molecule has 0 fully saturated rings. The van der Waals surface area contributed by atoms with Crippen molar-refractivity contribution in [2.75, 3.05) is 0 Å². The average Bonchev–Trinajstić information content (AvgIpc) is 3.17. The largest absolute Gasteiger partial charge is 0.298 e. The summed E-state index contributed by atoms with van der Waals surface area (Å²) in [7, 11) is 1.73. The van der Waals surface area contributed by atoms with Crippen LogP contribution < -0.4 is 5.56 Å². The molecule has 1 aliphatic carbocycles. The van der Waals surface area contributed by atoms with Gasteiger partial charge in [-0.05, 0) is 49.1 Å². The normalized spacial score (nSPS) is 13.4. The van der Waals surface area contributed by atoms with Crippen molar-refractivity contribution in [1.82, 2.24) is 9.55 Å². The van der Waals surface area contributed by atoms with Gasteiger partial charge in [0, 0.05) is 22.5 Å². The lowest BCUT2D eigenvalue weighted by atomic mass is 10.2. The van der Waals surface area contributed by atoms with Gasteiger partial charge in [-0.1, -0.05) is 23.4 Å². The van der Waals surface area contributed by atoms with Crippen LogP contribution in [0.4, 0.5) is 0 Å². The van der Waals surface area contributed by atoms with E-state index in [0.717, 1.165) is 41.2 Å². The zero-order valence-corrected chi connectivity index (χ0v) is 15.9. The van der Waals surface area contributed by atoms with Crippen molar-refractivity contribution >= 4 is 50.0 Å². The highest BCUT2D eigenvalue weighted by atomic mass is 35.5. The molecule has 128 valence electrons. The highest BCUT2D eigenvalue weighted by Crippen LogP contribution is 2.35. The van der Waals surface area contributed by atoms with Crippen molar-refractivity contribution in [3.8, 4) is 0 Å². The Morgan fingerprint density at radius 1 is 1.32 bits per heavy atom. The molecule has 0 N–H and O–H groups in total. The second-order valence-corrected chi connectivity index (χ2v) is 8.48. The van der Waals surface area contributed by atoms with E-state index in [-0.39, 0.29) is 10.7 Å². The van der Waals surface area contributed by atoms with E-state index in [2.05, 4.69) is 4.98 Å². The molecule has 0 aliphatic heterocycles. The molecule has 0 amide bonds. The Bertz CT molecular complexity index is 1040. The van der Waals surface area contributed by atoms with Crippen LogP contribution in [0.1, 0.15) is 33.0 Å². The molecule has 0 radical (unpaired) electrons. The van der Waals surface area contributed by atoms with Crippen molar-refractivity contribution in [2.45, 2.75) is 25.0 Å². The van der Waals surface area contributed by atoms with Crippen LogP contribution in [-0.2, 0) is 25.6 Å². The topological polar surface area (TPSA) is 52.0 Å². The molecule has 4 nitrogen and oxygen atoms in total. The van der Waals surface area contributed by atoms with E-state index in [4.69, 9.17) is 11.6 Å². The van der Waals surface area contributed by atoms with Crippen LogP contribution >= 0.6 is 34.7 Å². The molecular weight excluding hydrogens is 376 g/mol. The molecule has 0 saturated carbocycles. The molecule has 4 rings (SSSR count). The maximum absolute atomic E-state index is 12.7. The molecule has 0 bridgehead atoms. The number of aryl methyl sites for hydroxylation is 2. The second-order valence-electron chi connectivity index (χ2n) is 6.01. The molecule has 0 spiro atoms. The Labute approximate surface area is 157 Å². The fourth-order valence-corrected chi connectivity index (χ4v) is 5.31. The van der Waals surface area contributed by atoms with Gasteiger partial charge < -0.3 is 0 Å². The molecule has 0 unspecified atom stereocenters. The summed E-state index contributed by atoms with van der Waals surface area (Å²) in [6.07, 6.45) is 3.13. The van der Waals surface area contributed by atoms with E-state index in [1.807, 2.05) is 0 Å². The van der Waals surface area contributed by atoms with Gasteiger partial charge in [0.1, 0.15) is 10.7 Å². The van der Waals surface area contributed by atoms with Crippen LogP contribution in [-0.4, -0.2) is 14.7 Å². The third kappa shape index (κ3) is 3.03. The smallest absolute Gasteiger partial charge is 0.262 e. The number of carbonyl (C=O) groups is 1. The van der Waals surface area contributed by atoms with Crippen LogP contribution in [0, 0.1) is 0 Å². The van der Waals surface area contributed by atoms with E-state index < -0.39 is 0 Å². The molecule has 3 aromatic rings. The van der Waals surface area contributed by atoms with Crippen molar-refractivity contribution < 1.29 is 4.79 Å². The summed E-state index contributed by atoms with van der Waals surface area (Å²) in [6, 6.07) is 6.81. The van der Waals surface area contributed by atoms with E-state index in [0.29, 0.717) is 22.2 Å². The predicted molar refractivity (Wildman–Crippen MR) is 104 cm³/mol. The molecular formula is C18H15ClN2O2S2. The Morgan fingerprint density at radius 2 is 2.08 bits per heavy atom. The Balaban J connectivity index is 1.61. The Morgan fingerprint density at radius 3 is 2.84 bits per heavy atom. The quantitative estimate of drug-likeness (QED) is 0.672. The average molecular weight is 391 g/mol. The van der Waals surface area contributed by atoms with Crippen molar-refractivity contribution in [3.63, 3.8) is 0 Å². The lowest BCUT2D eigenvalue weighted by Gasteiger charge is -2.07. The third-order valence-electron chi connectivity index (χ3n) is 4.45. The first-order chi connectivity index (χ1) is 12.0. The van der Waals surface area contributed by atoms with Gasteiger partial charge in [-0.25, -0.2) is 4.98 Å². The van der Waals surface area contributed by atoms with Gasteiger partial charge in [-0.3, -0.25) is 14.2 Å². The number of carbonyl (C=O) groups excluding carboxylic acids is 1. The first kappa shape index (κ1) is 16.8. The zero-order valence-electron chi connectivity index (χ0n) is 13.5. The number of aromatic nitrogens is 2. The maximum atomic E-state index is 12.7. The highest BCUT2D eigenvalue weighted by molar-refractivity contribution is 8.13.